The lowest BCUT2D eigenvalue weighted by Crippen LogP contribution is -2.33. The standard InChI is InChI=1S/C15H22FN3/c1-10(11-3-4-11)19(2)15-12(7-13(16)9-18-15)8-17-14-5-6-14/h7,9-11,14,17H,3-6,8H2,1-2H3. The highest BCUT2D eigenvalue weighted by molar-refractivity contribution is 5.47. The number of pyridine rings is 1. The van der Waals surface area contributed by atoms with Gasteiger partial charge in [-0.2, -0.15) is 0 Å². The first-order valence-electron chi connectivity index (χ1n) is 7.26. The molecule has 0 saturated heterocycles. The van der Waals surface area contributed by atoms with Gasteiger partial charge in [-0.1, -0.05) is 0 Å². The van der Waals surface area contributed by atoms with Gasteiger partial charge in [0.05, 0.1) is 6.20 Å². The van der Waals surface area contributed by atoms with Crippen molar-refractivity contribution in [2.75, 3.05) is 11.9 Å². The Morgan fingerprint density at radius 2 is 2.16 bits per heavy atom. The van der Waals surface area contributed by atoms with Crippen molar-refractivity contribution < 1.29 is 4.39 Å². The Kier molecular flexibility index (Phi) is 3.44. The normalized spacial score (nSPS) is 20.4. The molecule has 2 fully saturated rings. The molecular weight excluding hydrogens is 241 g/mol. The summed E-state index contributed by atoms with van der Waals surface area (Å²) in [6.45, 7) is 2.95. The molecule has 0 amide bonds. The smallest absolute Gasteiger partial charge is 0.141 e. The van der Waals surface area contributed by atoms with Gasteiger partial charge in [-0.25, -0.2) is 9.37 Å². The Hall–Kier alpha value is -1.16. The first kappa shape index (κ1) is 12.9. The van der Waals surface area contributed by atoms with Gasteiger partial charge in [-0.05, 0) is 44.6 Å². The van der Waals surface area contributed by atoms with Crippen molar-refractivity contribution in [2.45, 2.75) is 51.2 Å². The van der Waals surface area contributed by atoms with E-state index in [1.807, 2.05) is 0 Å². The summed E-state index contributed by atoms with van der Waals surface area (Å²) >= 11 is 0. The summed E-state index contributed by atoms with van der Waals surface area (Å²) < 4.78 is 13.4. The Balaban J connectivity index is 1.76. The Bertz CT molecular complexity index is 455. The van der Waals surface area contributed by atoms with E-state index in [9.17, 15) is 4.39 Å². The maximum Gasteiger partial charge on any atom is 0.141 e. The van der Waals surface area contributed by atoms with E-state index >= 15 is 0 Å². The van der Waals surface area contributed by atoms with E-state index < -0.39 is 0 Å². The van der Waals surface area contributed by atoms with E-state index in [-0.39, 0.29) is 5.82 Å². The molecule has 0 bridgehead atoms. The summed E-state index contributed by atoms with van der Waals surface area (Å²) in [5.74, 6) is 1.46. The Morgan fingerprint density at radius 3 is 2.79 bits per heavy atom. The second kappa shape index (κ2) is 5.08. The van der Waals surface area contributed by atoms with Crippen LogP contribution >= 0.6 is 0 Å². The van der Waals surface area contributed by atoms with Crippen LogP contribution in [0.15, 0.2) is 12.3 Å². The molecule has 2 saturated carbocycles. The zero-order valence-corrected chi connectivity index (χ0v) is 11.7. The van der Waals surface area contributed by atoms with Gasteiger partial charge in [-0.3, -0.25) is 0 Å². The Labute approximate surface area is 114 Å². The van der Waals surface area contributed by atoms with Crippen LogP contribution in [0.3, 0.4) is 0 Å². The van der Waals surface area contributed by atoms with Crippen molar-refractivity contribution in [3.63, 3.8) is 0 Å². The van der Waals surface area contributed by atoms with Crippen LogP contribution in [0.2, 0.25) is 0 Å². The molecule has 2 aliphatic rings. The summed E-state index contributed by atoms with van der Waals surface area (Å²) in [6.07, 6.45) is 6.43. The topological polar surface area (TPSA) is 28.2 Å². The third-order valence-electron chi connectivity index (χ3n) is 4.32. The van der Waals surface area contributed by atoms with Crippen molar-refractivity contribution in [3.8, 4) is 0 Å². The minimum Gasteiger partial charge on any atom is -0.356 e. The van der Waals surface area contributed by atoms with Gasteiger partial charge in [0.2, 0.25) is 0 Å². The molecule has 1 unspecified atom stereocenters. The first-order valence-corrected chi connectivity index (χ1v) is 7.26. The summed E-state index contributed by atoms with van der Waals surface area (Å²) in [5.41, 5.74) is 0.974. The van der Waals surface area contributed by atoms with Gasteiger partial charge >= 0.3 is 0 Å². The summed E-state index contributed by atoms with van der Waals surface area (Å²) in [6, 6.07) is 2.73. The van der Waals surface area contributed by atoms with E-state index in [4.69, 9.17) is 0 Å². The van der Waals surface area contributed by atoms with Crippen molar-refractivity contribution in [3.05, 3.63) is 23.6 Å². The van der Waals surface area contributed by atoms with Crippen LogP contribution in [-0.4, -0.2) is 24.1 Å². The zero-order valence-electron chi connectivity index (χ0n) is 11.7. The average Bonchev–Trinajstić information content (AvgIpc) is 3.28. The number of aromatic nitrogens is 1. The number of nitrogens with one attached hydrogen (secondary N) is 1. The summed E-state index contributed by atoms with van der Waals surface area (Å²) in [7, 11) is 2.07. The number of halogens is 1. The molecule has 0 radical (unpaired) electrons. The minimum atomic E-state index is -0.246. The van der Waals surface area contributed by atoms with Crippen LogP contribution in [0.4, 0.5) is 10.2 Å². The molecule has 1 aromatic heterocycles. The fourth-order valence-corrected chi connectivity index (χ4v) is 2.55. The van der Waals surface area contributed by atoms with Crippen LogP contribution in [0.1, 0.15) is 38.2 Å². The maximum absolute atomic E-state index is 13.4. The molecule has 104 valence electrons. The highest BCUT2D eigenvalue weighted by Gasteiger charge is 2.32. The van der Waals surface area contributed by atoms with E-state index in [0.29, 0.717) is 18.6 Å². The van der Waals surface area contributed by atoms with Crippen molar-refractivity contribution >= 4 is 5.82 Å². The van der Waals surface area contributed by atoms with E-state index in [1.165, 1.54) is 31.9 Å². The molecule has 2 aliphatic carbocycles. The van der Waals surface area contributed by atoms with Crippen LogP contribution in [-0.2, 0) is 6.54 Å². The number of anilines is 1. The summed E-state index contributed by atoms with van der Waals surface area (Å²) in [4.78, 5) is 6.53. The predicted molar refractivity (Wildman–Crippen MR) is 74.6 cm³/mol. The predicted octanol–water partition coefficient (Wildman–Crippen LogP) is 2.71. The SMILES string of the molecule is CC(C1CC1)N(C)c1ncc(F)cc1CNC1CC1. The minimum absolute atomic E-state index is 0.246. The second-order valence-corrected chi connectivity index (χ2v) is 5.98. The molecule has 1 atom stereocenters. The largest absolute Gasteiger partial charge is 0.356 e. The van der Waals surface area contributed by atoms with Crippen LogP contribution < -0.4 is 10.2 Å². The monoisotopic (exact) mass is 263 g/mol. The second-order valence-electron chi connectivity index (χ2n) is 5.98. The van der Waals surface area contributed by atoms with Crippen LogP contribution in [0, 0.1) is 11.7 Å². The third kappa shape index (κ3) is 3.06. The number of hydrogen-bond donors (Lipinski definition) is 1. The highest BCUT2D eigenvalue weighted by atomic mass is 19.1. The molecule has 0 aromatic carbocycles. The van der Waals surface area contributed by atoms with E-state index in [2.05, 4.69) is 29.2 Å². The fourth-order valence-electron chi connectivity index (χ4n) is 2.55. The van der Waals surface area contributed by atoms with Gasteiger partial charge in [0.25, 0.3) is 0 Å². The molecule has 1 aromatic rings. The lowest BCUT2D eigenvalue weighted by atomic mass is 10.1. The molecule has 1 N–H and O–H groups in total. The van der Waals surface area contributed by atoms with Gasteiger partial charge < -0.3 is 10.2 Å². The van der Waals surface area contributed by atoms with Crippen molar-refractivity contribution in [2.24, 2.45) is 5.92 Å². The summed E-state index contributed by atoms with van der Waals surface area (Å²) in [5, 5.41) is 3.45. The number of nitrogens with zero attached hydrogens (tertiary/aromatic N) is 2. The lowest BCUT2D eigenvalue weighted by Gasteiger charge is -2.28. The molecule has 0 aliphatic heterocycles. The number of rotatable bonds is 6. The Morgan fingerprint density at radius 1 is 1.42 bits per heavy atom. The van der Waals surface area contributed by atoms with Crippen molar-refractivity contribution in [1.29, 1.82) is 0 Å². The van der Waals surface area contributed by atoms with E-state index in [0.717, 1.165) is 17.3 Å². The lowest BCUT2D eigenvalue weighted by molar-refractivity contribution is 0.585. The van der Waals surface area contributed by atoms with Crippen molar-refractivity contribution in [1.82, 2.24) is 10.3 Å². The van der Waals surface area contributed by atoms with Crippen LogP contribution in [0.5, 0.6) is 0 Å². The quantitative estimate of drug-likeness (QED) is 0.855. The fraction of sp³-hybridized carbons (Fsp3) is 0.667. The number of hydrogen-bond acceptors (Lipinski definition) is 3. The third-order valence-corrected chi connectivity index (χ3v) is 4.32. The average molecular weight is 263 g/mol. The van der Waals surface area contributed by atoms with Crippen LogP contribution in [0.25, 0.3) is 0 Å². The van der Waals surface area contributed by atoms with Gasteiger partial charge in [0.1, 0.15) is 11.6 Å². The zero-order chi connectivity index (χ0) is 13.4. The van der Waals surface area contributed by atoms with Gasteiger partial charge in [0.15, 0.2) is 0 Å². The molecule has 19 heavy (non-hydrogen) atoms. The first-order chi connectivity index (χ1) is 9.15. The molecule has 0 spiro atoms. The van der Waals surface area contributed by atoms with Gasteiger partial charge in [0, 0.05) is 31.2 Å². The highest BCUT2D eigenvalue weighted by Crippen LogP contribution is 2.36. The molecular formula is C15H22FN3. The molecule has 4 heteroatoms. The van der Waals surface area contributed by atoms with Gasteiger partial charge in [-0.15, -0.1) is 0 Å². The molecule has 3 rings (SSSR count). The molecule has 1 heterocycles. The van der Waals surface area contributed by atoms with E-state index in [1.54, 1.807) is 6.07 Å². The molecule has 3 nitrogen and oxygen atoms in total. The maximum atomic E-state index is 13.4.